The van der Waals surface area contributed by atoms with Gasteiger partial charge in [0.1, 0.15) is 17.1 Å². The quantitative estimate of drug-likeness (QED) is 0.895. The number of phenolic OH excluding ortho intramolecular Hbond substituents is 1. The molecule has 0 aromatic heterocycles. The van der Waals surface area contributed by atoms with Gasteiger partial charge in [0.15, 0.2) is 0 Å². The van der Waals surface area contributed by atoms with Gasteiger partial charge in [-0.1, -0.05) is 0 Å². The van der Waals surface area contributed by atoms with Crippen molar-refractivity contribution in [3.05, 3.63) is 22.3 Å². The van der Waals surface area contributed by atoms with Crippen molar-refractivity contribution in [1.29, 1.82) is 0 Å². The van der Waals surface area contributed by atoms with E-state index in [1.54, 1.807) is 0 Å². The van der Waals surface area contributed by atoms with Crippen molar-refractivity contribution in [2.24, 2.45) is 0 Å². The molecule has 0 atom stereocenters. The summed E-state index contributed by atoms with van der Waals surface area (Å²) >= 11 is 0. The van der Waals surface area contributed by atoms with E-state index in [2.05, 4.69) is 13.8 Å². The summed E-state index contributed by atoms with van der Waals surface area (Å²) in [5.74, 6) is 1.30. The Morgan fingerprint density at radius 2 is 1.94 bits per heavy atom. The van der Waals surface area contributed by atoms with Crippen LogP contribution in [-0.2, 0) is 17.8 Å². The second-order valence-corrected chi connectivity index (χ2v) is 5.56. The van der Waals surface area contributed by atoms with Crippen LogP contribution < -0.4 is 4.74 Å². The number of benzene rings is 1. The smallest absolute Gasteiger partial charge is 0.127 e. The minimum atomic E-state index is -0.200. The highest BCUT2D eigenvalue weighted by atomic mass is 16.5. The normalized spacial score (nSPS) is 16.5. The molecule has 1 aromatic carbocycles. The molecule has 1 aliphatic rings. The molecule has 0 bridgehead atoms. The number of fused-ring (bicyclic) bond motifs is 1. The van der Waals surface area contributed by atoms with E-state index in [-0.39, 0.29) is 5.60 Å². The molecule has 0 radical (unpaired) electrons. The Hall–Kier alpha value is -1.22. The monoisotopic (exact) mass is 250 g/mol. The third kappa shape index (κ3) is 2.07. The van der Waals surface area contributed by atoms with Crippen LogP contribution in [0.4, 0.5) is 0 Å². The summed E-state index contributed by atoms with van der Waals surface area (Å²) in [7, 11) is 0. The van der Waals surface area contributed by atoms with Crippen LogP contribution in [0.5, 0.6) is 11.5 Å². The first-order chi connectivity index (χ1) is 8.37. The first-order valence-corrected chi connectivity index (χ1v) is 6.48. The fourth-order valence-corrected chi connectivity index (χ4v) is 2.50. The Bertz CT molecular complexity index is 475. The van der Waals surface area contributed by atoms with Crippen LogP contribution in [0.3, 0.4) is 0 Å². The molecule has 100 valence electrons. The molecule has 2 rings (SSSR count). The van der Waals surface area contributed by atoms with E-state index in [4.69, 9.17) is 9.47 Å². The van der Waals surface area contributed by atoms with Gasteiger partial charge in [-0.25, -0.2) is 0 Å². The molecule has 0 amide bonds. The number of rotatable bonds is 3. The summed E-state index contributed by atoms with van der Waals surface area (Å²) in [5.41, 5.74) is 3.72. The van der Waals surface area contributed by atoms with Gasteiger partial charge in [-0.2, -0.15) is 0 Å². The van der Waals surface area contributed by atoms with Crippen molar-refractivity contribution in [2.45, 2.75) is 53.2 Å². The number of hydrogen-bond donors (Lipinski definition) is 1. The topological polar surface area (TPSA) is 38.7 Å². The lowest BCUT2D eigenvalue weighted by molar-refractivity contribution is 0.131. The molecule has 18 heavy (non-hydrogen) atoms. The second kappa shape index (κ2) is 4.47. The highest BCUT2D eigenvalue weighted by molar-refractivity contribution is 5.59. The Morgan fingerprint density at radius 3 is 2.56 bits per heavy atom. The molecule has 0 saturated carbocycles. The predicted molar refractivity (Wildman–Crippen MR) is 71.3 cm³/mol. The van der Waals surface area contributed by atoms with Gasteiger partial charge < -0.3 is 14.6 Å². The molecule has 1 heterocycles. The van der Waals surface area contributed by atoms with Crippen LogP contribution in [-0.4, -0.2) is 17.3 Å². The number of aromatic hydroxyl groups is 1. The van der Waals surface area contributed by atoms with Crippen molar-refractivity contribution in [3.8, 4) is 11.5 Å². The van der Waals surface area contributed by atoms with Crippen molar-refractivity contribution in [1.82, 2.24) is 0 Å². The zero-order chi connectivity index (χ0) is 13.5. The Balaban J connectivity index is 2.54. The molecule has 0 aliphatic carbocycles. The molecular formula is C15H22O3. The van der Waals surface area contributed by atoms with E-state index in [1.165, 1.54) is 0 Å². The van der Waals surface area contributed by atoms with Crippen molar-refractivity contribution < 1.29 is 14.6 Å². The largest absolute Gasteiger partial charge is 0.507 e. The van der Waals surface area contributed by atoms with Gasteiger partial charge in [-0.15, -0.1) is 0 Å². The lowest BCUT2D eigenvalue weighted by Crippen LogP contribution is -2.25. The van der Waals surface area contributed by atoms with Crippen LogP contribution in [0.15, 0.2) is 0 Å². The van der Waals surface area contributed by atoms with Gasteiger partial charge in [0, 0.05) is 24.2 Å². The Morgan fingerprint density at radius 1 is 1.28 bits per heavy atom. The van der Waals surface area contributed by atoms with Gasteiger partial charge >= 0.3 is 0 Å². The zero-order valence-corrected chi connectivity index (χ0v) is 11.9. The molecule has 3 nitrogen and oxygen atoms in total. The molecule has 1 N–H and O–H groups in total. The maximum atomic E-state index is 10.3. The van der Waals surface area contributed by atoms with Gasteiger partial charge in [0.2, 0.25) is 0 Å². The van der Waals surface area contributed by atoms with E-state index in [9.17, 15) is 5.11 Å². The molecule has 0 unspecified atom stereocenters. The van der Waals surface area contributed by atoms with E-state index in [0.29, 0.717) is 19.0 Å². The van der Waals surface area contributed by atoms with Crippen molar-refractivity contribution in [3.63, 3.8) is 0 Å². The van der Waals surface area contributed by atoms with Crippen LogP contribution >= 0.6 is 0 Å². The zero-order valence-electron chi connectivity index (χ0n) is 11.9. The molecular weight excluding hydrogens is 228 g/mol. The van der Waals surface area contributed by atoms with E-state index >= 15 is 0 Å². The highest BCUT2D eigenvalue weighted by Gasteiger charge is 2.35. The molecule has 0 saturated heterocycles. The number of hydrogen-bond acceptors (Lipinski definition) is 3. The summed E-state index contributed by atoms with van der Waals surface area (Å²) in [6, 6.07) is 0. The first kappa shape index (κ1) is 13.2. The van der Waals surface area contributed by atoms with Crippen LogP contribution in [0, 0.1) is 13.8 Å². The fourth-order valence-electron chi connectivity index (χ4n) is 2.50. The number of ether oxygens (including phenoxy) is 2. The summed E-state index contributed by atoms with van der Waals surface area (Å²) in [4.78, 5) is 0. The summed E-state index contributed by atoms with van der Waals surface area (Å²) in [5, 5.41) is 10.3. The first-order valence-electron chi connectivity index (χ1n) is 6.48. The third-order valence-electron chi connectivity index (χ3n) is 3.61. The minimum absolute atomic E-state index is 0.200. The predicted octanol–water partition coefficient (Wildman–Crippen LogP) is 3.26. The van der Waals surface area contributed by atoms with Crippen LogP contribution in [0.2, 0.25) is 0 Å². The maximum Gasteiger partial charge on any atom is 0.127 e. The second-order valence-electron chi connectivity index (χ2n) is 5.56. The average molecular weight is 250 g/mol. The van der Waals surface area contributed by atoms with E-state index in [0.717, 1.165) is 34.4 Å². The average Bonchev–Trinajstić information content (AvgIpc) is 2.62. The fraction of sp³-hybridized carbons (Fsp3) is 0.600. The summed E-state index contributed by atoms with van der Waals surface area (Å²) < 4.78 is 11.5. The lowest BCUT2D eigenvalue weighted by Gasteiger charge is -2.18. The van der Waals surface area contributed by atoms with Gasteiger partial charge in [0.25, 0.3) is 0 Å². The third-order valence-corrected chi connectivity index (χ3v) is 3.61. The summed E-state index contributed by atoms with van der Waals surface area (Å²) in [6.45, 7) is 11.1. The lowest BCUT2D eigenvalue weighted by atomic mass is 9.93. The van der Waals surface area contributed by atoms with Gasteiger partial charge in [-0.3, -0.25) is 0 Å². The highest BCUT2D eigenvalue weighted by Crippen LogP contribution is 2.45. The van der Waals surface area contributed by atoms with E-state index in [1.807, 2.05) is 20.8 Å². The van der Waals surface area contributed by atoms with Gasteiger partial charge in [0.05, 0.1) is 6.61 Å². The van der Waals surface area contributed by atoms with Crippen molar-refractivity contribution in [2.75, 3.05) is 6.61 Å². The Kier molecular flexibility index (Phi) is 3.28. The van der Waals surface area contributed by atoms with Crippen molar-refractivity contribution >= 4 is 0 Å². The summed E-state index contributed by atoms with van der Waals surface area (Å²) in [6.07, 6.45) is 0.819. The molecule has 1 aromatic rings. The minimum Gasteiger partial charge on any atom is -0.507 e. The molecule has 1 aliphatic heterocycles. The van der Waals surface area contributed by atoms with Crippen LogP contribution in [0.25, 0.3) is 0 Å². The van der Waals surface area contributed by atoms with Gasteiger partial charge in [-0.05, 0) is 45.7 Å². The molecule has 0 spiro atoms. The Labute approximate surface area is 109 Å². The molecule has 0 fully saturated rings. The SMILES string of the molecule is CCOCc1c(O)c(C)c(C)c2c1CC(C)(C)O2. The maximum absolute atomic E-state index is 10.3. The van der Waals surface area contributed by atoms with Crippen LogP contribution in [0.1, 0.15) is 43.0 Å². The number of phenols is 1. The molecule has 3 heteroatoms. The van der Waals surface area contributed by atoms with E-state index < -0.39 is 0 Å². The standard InChI is InChI=1S/C15H22O3/c1-6-17-8-12-11-7-15(4,5)18-14(11)10(3)9(2)13(12)16/h16H,6-8H2,1-5H3.